The van der Waals surface area contributed by atoms with Crippen LogP contribution in [0.4, 0.5) is 5.82 Å². The number of thioether (sulfide) groups is 1. The monoisotopic (exact) mass is 354 g/mol. The third-order valence-electron chi connectivity index (χ3n) is 3.90. The third kappa shape index (κ3) is 3.77. The number of pyridine rings is 1. The lowest BCUT2D eigenvalue weighted by Crippen LogP contribution is -2.27. The van der Waals surface area contributed by atoms with Gasteiger partial charge in [-0.05, 0) is 25.1 Å². The molecule has 1 aliphatic rings. The van der Waals surface area contributed by atoms with E-state index in [4.69, 9.17) is 9.97 Å². The maximum Gasteiger partial charge on any atom is 0.183 e. The lowest BCUT2D eigenvalue weighted by Gasteiger charge is -2.20. The zero-order chi connectivity index (χ0) is 16.9. The molecule has 0 amide bonds. The number of hydrogen-bond donors (Lipinski definition) is 3. The molecule has 0 aromatic carbocycles. The molecule has 4 rings (SSSR count). The average Bonchev–Trinajstić information content (AvgIpc) is 3.19. The summed E-state index contributed by atoms with van der Waals surface area (Å²) < 4.78 is 0. The molecule has 0 radical (unpaired) electrons. The van der Waals surface area contributed by atoms with Gasteiger partial charge >= 0.3 is 0 Å². The summed E-state index contributed by atoms with van der Waals surface area (Å²) in [4.78, 5) is 17.7. The molecule has 4 heterocycles. The van der Waals surface area contributed by atoms with E-state index >= 15 is 0 Å². The Kier molecular flexibility index (Phi) is 4.84. The molecule has 128 valence electrons. The van der Waals surface area contributed by atoms with Crippen LogP contribution >= 0.6 is 11.8 Å². The van der Waals surface area contributed by atoms with Gasteiger partial charge in [-0.25, -0.2) is 15.0 Å². The minimum Gasteiger partial charge on any atom is -0.369 e. The highest BCUT2D eigenvalue weighted by Crippen LogP contribution is 2.24. The van der Waals surface area contributed by atoms with Gasteiger partial charge in [0.15, 0.2) is 11.0 Å². The van der Waals surface area contributed by atoms with Gasteiger partial charge in [-0.2, -0.15) is 5.10 Å². The van der Waals surface area contributed by atoms with Crippen LogP contribution in [-0.4, -0.2) is 49.0 Å². The van der Waals surface area contributed by atoms with E-state index in [1.807, 2.05) is 12.1 Å². The average molecular weight is 354 g/mol. The van der Waals surface area contributed by atoms with E-state index in [0.29, 0.717) is 0 Å². The maximum absolute atomic E-state index is 4.77. The van der Waals surface area contributed by atoms with Crippen LogP contribution in [0.25, 0.3) is 11.4 Å². The molecule has 9 heteroatoms. The SMILES string of the molecule is c1cc(-c2nc3c(c(NCCSc4ncn[nH]4)n2)CCNC3)ccn1. The molecule has 0 saturated heterocycles. The number of fused-ring (bicyclic) bond motifs is 1. The van der Waals surface area contributed by atoms with Gasteiger partial charge in [-0.3, -0.25) is 10.1 Å². The summed E-state index contributed by atoms with van der Waals surface area (Å²) in [5, 5.41) is 14.4. The molecule has 0 bridgehead atoms. The van der Waals surface area contributed by atoms with Gasteiger partial charge in [0.1, 0.15) is 12.1 Å². The first kappa shape index (κ1) is 16.0. The van der Waals surface area contributed by atoms with E-state index in [0.717, 1.165) is 59.9 Å². The molecule has 3 N–H and O–H groups in total. The molecule has 3 aromatic rings. The molecule has 0 aliphatic carbocycles. The number of anilines is 1. The largest absolute Gasteiger partial charge is 0.369 e. The van der Waals surface area contributed by atoms with Crippen molar-refractivity contribution in [1.82, 2.24) is 35.5 Å². The molecule has 0 spiro atoms. The van der Waals surface area contributed by atoms with Crippen LogP contribution in [0.5, 0.6) is 0 Å². The number of hydrogen-bond acceptors (Lipinski definition) is 8. The van der Waals surface area contributed by atoms with Gasteiger partial charge in [0.2, 0.25) is 0 Å². The number of rotatable bonds is 6. The van der Waals surface area contributed by atoms with Crippen LogP contribution in [0.15, 0.2) is 36.0 Å². The van der Waals surface area contributed by atoms with E-state index in [1.165, 1.54) is 11.9 Å². The minimum absolute atomic E-state index is 0.732. The van der Waals surface area contributed by atoms with Crippen molar-refractivity contribution in [2.45, 2.75) is 18.1 Å². The Morgan fingerprint density at radius 1 is 1.20 bits per heavy atom. The summed E-state index contributed by atoms with van der Waals surface area (Å²) >= 11 is 1.63. The van der Waals surface area contributed by atoms with Gasteiger partial charge in [0, 0.05) is 42.4 Å². The molecule has 8 nitrogen and oxygen atoms in total. The first-order valence-electron chi connectivity index (χ1n) is 8.13. The highest BCUT2D eigenvalue weighted by Gasteiger charge is 2.18. The summed E-state index contributed by atoms with van der Waals surface area (Å²) in [6, 6.07) is 3.86. The van der Waals surface area contributed by atoms with Crippen molar-refractivity contribution in [3.05, 3.63) is 42.1 Å². The summed E-state index contributed by atoms with van der Waals surface area (Å²) in [7, 11) is 0. The van der Waals surface area contributed by atoms with E-state index in [2.05, 4.69) is 30.8 Å². The smallest absolute Gasteiger partial charge is 0.183 e. The standard InChI is InChI=1S/C16H18N8S/c1-4-17-5-2-11(1)14-22-13-9-18-6-3-12(13)15(23-14)19-7-8-25-16-20-10-21-24-16/h1-2,4-5,10,18H,3,6-9H2,(H,19,22,23)(H,20,21,24). The third-order valence-corrected chi connectivity index (χ3v) is 4.78. The Morgan fingerprint density at radius 2 is 2.12 bits per heavy atom. The van der Waals surface area contributed by atoms with Gasteiger partial charge in [0.05, 0.1) is 5.69 Å². The molecule has 1 aliphatic heterocycles. The quantitative estimate of drug-likeness (QED) is 0.452. The molecule has 0 saturated carbocycles. The number of aromatic nitrogens is 6. The highest BCUT2D eigenvalue weighted by molar-refractivity contribution is 7.99. The number of aromatic amines is 1. The molecule has 3 aromatic heterocycles. The van der Waals surface area contributed by atoms with Crippen LogP contribution in [0.1, 0.15) is 11.3 Å². The zero-order valence-electron chi connectivity index (χ0n) is 13.6. The predicted molar refractivity (Wildman–Crippen MR) is 96.3 cm³/mol. The van der Waals surface area contributed by atoms with Gasteiger partial charge < -0.3 is 10.6 Å². The number of nitrogens with zero attached hydrogens (tertiary/aromatic N) is 5. The Hall–Kier alpha value is -2.52. The number of nitrogens with one attached hydrogen (secondary N) is 3. The second kappa shape index (κ2) is 7.58. The van der Waals surface area contributed by atoms with Crippen LogP contribution in [0.2, 0.25) is 0 Å². The molecule has 0 fully saturated rings. The maximum atomic E-state index is 4.77. The molecular weight excluding hydrogens is 336 g/mol. The van der Waals surface area contributed by atoms with Crippen LogP contribution < -0.4 is 10.6 Å². The van der Waals surface area contributed by atoms with Gasteiger partial charge in [-0.1, -0.05) is 11.8 Å². The van der Waals surface area contributed by atoms with Crippen molar-refractivity contribution in [2.75, 3.05) is 24.2 Å². The van der Waals surface area contributed by atoms with E-state index < -0.39 is 0 Å². The summed E-state index contributed by atoms with van der Waals surface area (Å²) in [6.45, 7) is 2.52. The van der Waals surface area contributed by atoms with Crippen molar-refractivity contribution in [1.29, 1.82) is 0 Å². The van der Waals surface area contributed by atoms with E-state index in [-0.39, 0.29) is 0 Å². The van der Waals surface area contributed by atoms with Crippen molar-refractivity contribution in [3.63, 3.8) is 0 Å². The van der Waals surface area contributed by atoms with Crippen LogP contribution in [0, 0.1) is 0 Å². The summed E-state index contributed by atoms with van der Waals surface area (Å²) in [5.74, 6) is 2.53. The van der Waals surface area contributed by atoms with Crippen LogP contribution in [-0.2, 0) is 13.0 Å². The van der Waals surface area contributed by atoms with Crippen molar-refractivity contribution >= 4 is 17.6 Å². The van der Waals surface area contributed by atoms with Crippen LogP contribution in [0.3, 0.4) is 0 Å². The molecule has 0 atom stereocenters. The Balaban J connectivity index is 1.52. The van der Waals surface area contributed by atoms with Crippen molar-refractivity contribution < 1.29 is 0 Å². The molecule has 0 unspecified atom stereocenters. The zero-order valence-corrected chi connectivity index (χ0v) is 14.4. The topological polar surface area (TPSA) is 104 Å². The first-order valence-corrected chi connectivity index (χ1v) is 9.11. The number of H-pyrrole nitrogens is 1. The fraction of sp³-hybridized carbons (Fsp3) is 0.312. The lowest BCUT2D eigenvalue weighted by atomic mass is 10.1. The van der Waals surface area contributed by atoms with Crippen molar-refractivity contribution in [3.8, 4) is 11.4 Å². The second-order valence-electron chi connectivity index (χ2n) is 5.55. The Morgan fingerprint density at radius 3 is 2.96 bits per heavy atom. The predicted octanol–water partition coefficient (Wildman–Crippen LogP) is 1.51. The second-order valence-corrected chi connectivity index (χ2v) is 6.63. The summed E-state index contributed by atoms with van der Waals surface area (Å²) in [6.07, 6.45) is 5.98. The summed E-state index contributed by atoms with van der Waals surface area (Å²) in [5.41, 5.74) is 3.25. The Bertz CT molecular complexity index is 822. The Labute approximate surface area is 149 Å². The fourth-order valence-electron chi connectivity index (χ4n) is 2.72. The van der Waals surface area contributed by atoms with Gasteiger partial charge in [-0.15, -0.1) is 0 Å². The fourth-order valence-corrected chi connectivity index (χ4v) is 3.35. The first-order chi connectivity index (χ1) is 12.4. The van der Waals surface area contributed by atoms with Gasteiger partial charge in [0.25, 0.3) is 0 Å². The van der Waals surface area contributed by atoms with E-state index in [9.17, 15) is 0 Å². The van der Waals surface area contributed by atoms with E-state index in [1.54, 1.807) is 24.2 Å². The molecule has 25 heavy (non-hydrogen) atoms. The molecular formula is C16H18N8S. The lowest BCUT2D eigenvalue weighted by molar-refractivity contribution is 0.625. The highest BCUT2D eigenvalue weighted by atomic mass is 32.2. The van der Waals surface area contributed by atoms with Crippen molar-refractivity contribution in [2.24, 2.45) is 0 Å². The normalized spacial score (nSPS) is 13.4. The minimum atomic E-state index is 0.732.